The van der Waals surface area contributed by atoms with Gasteiger partial charge in [0.25, 0.3) is 10.1 Å². The van der Waals surface area contributed by atoms with Crippen molar-refractivity contribution in [3.05, 3.63) is 34.9 Å². The highest BCUT2D eigenvalue weighted by molar-refractivity contribution is 7.86. The molecule has 162 valence electrons. The van der Waals surface area contributed by atoms with Crippen LogP contribution in [0, 0.1) is 0 Å². The van der Waals surface area contributed by atoms with E-state index < -0.39 is 14.9 Å². The van der Waals surface area contributed by atoms with Gasteiger partial charge in [0.15, 0.2) is 0 Å². The van der Waals surface area contributed by atoms with Crippen LogP contribution in [-0.4, -0.2) is 13.0 Å². The van der Waals surface area contributed by atoms with Crippen LogP contribution in [0.5, 0.6) is 0 Å². The zero-order valence-corrected chi connectivity index (χ0v) is 19.4. The lowest BCUT2D eigenvalue weighted by atomic mass is 9.88. The smallest absolute Gasteiger partial charge is 0.274 e. The molecule has 3 nitrogen and oxygen atoms in total. The highest BCUT2D eigenvalue weighted by Gasteiger charge is 2.36. The molecule has 0 saturated heterocycles. The Balaban J connectivity index is 2.64. The van der Waals surface area contributed by atoms with Gasteiger partial charge in [-0.2, -0.15) is 8.42 Å². The van der Waals surface area contributed by atoms with Gasteiger partial charge in [0, 0.05) is 0 Å². The maximum atomic E-state index is 12.0. The van der Waals surface area contributed by atoms with Crippen LogP contribution in [-0.2, 0) is 27.7 Å². The fourth-order valence-electron chi connectivity index (χ4n) is 3.93. The summed E-state index contributed by atoms with van der Waals surface area (Å²) in [6.45, 7) is 7.61. The lowest BCUT2D eigenvalue weighted by molar-refractivity contribution is 0.444. The van der Waals surface area contributed by atoms with E-state index in [0.29, 0.717) is 0 Å². The molecule has 0 aliphatic heterocycles. The van der Waals surface area contributed by atoms with Gasteiger partial charge in [-0.15, -0.1) is 0 Å². The van der Waals surface area contributed by atoms with Crippen molar-refractivity contribution in [2.45, 2.75) is 116 Å². The van der Waals surface area contributed by atoms with Crippen molar-refractivity contribution < 1.29 is 13.0 Å². The fraction of sp³-hybridized carbons (Fsp3) is 0.750. The first kappa shape index (κ1) is 25.2. The molecule has 0 fully saturated rings. The zero-order valence-electron chi connectivity index (χ0n) is 18.6. The minimum atomic E-state index is -4.16. The molecule has 4 heteroatoms. The normalized spacial score (nSPS) is 12.5. The molecule has 1 rings (SSSR count). The summed E-state index contributed by atoms with van der Waals surface area (Å²) in [5.74, 6) is 0. The standard InChI is InChI=1S/C24H42O3S/c1-5-7-8-9-10-11-12-13-14-15-19-22-21(17-6-2)18-16-20-23(22)24(3,4)28(25,26)27/h16,18,20H,5-15,17,19H2,1-4H3,(H,25,26,27). The molecule has 1 N–H and O–H groups in total. The van der Waals surface area contributed by atoms with Crippen LogP contribution in [0.25, 0.3) is 0 Å². The van der Waals surface area contributed by atoms with Gasteiger partial charge in [0.1, 0.15) is 4.75 Å². The summed E-state index contributed by atoms with van der Waals surface area (Å²) in [7, 11) is -4.16. The van der Waals surface area contributed by atoms with Crippen LogP contribution in [0.3, 0.4) is 0 Å². The Hall–Kier alpha value is -0.870. The van der Waals surface area contributed by atoms with Crippen molar-refractivity contribution >= 4 is 10.1 Å². The maximum Gasteiger partial charge on any atom is 0.274 e. The van der Waals surface area contributed by atoms with Crippen molar-refractivity contribution in [3.63, 3.8) is 0 Å². The van der Waals surface area contributed by atoms with Gasteiger partial charge in [0.2, 0.25) is 0 Å². The minimum absolute atomic E-state index is 0.761. The third-order valence-corrected chi connectivity index (χ3v) is 7.38. The van der Waals surface area contributed by atoms with E-state index in [2.05, 4.69) is 19.9 Å². The molecule has 0 bridgehead atoms. The van der Waals surface area contributed by atoms with Gasteiger partial charge in [-0.3, -0.25) is 4.55 Å². The van der Waals surface area contributed by atoms with E-state index in [-0.39, 0.29) is 0 Å². The molecule has 0 unspecified atom stereocenters. The number of hydrogen-bond donors (Lipinski definition) is 1. The highest BCUT2D eigenvalue weighted by Crippen LogP contribution is 2.34. The Morgan fingerprint density at radius 3 is 1.82 bits per heavy atom. The van der Waals surface area contributed by atoms with Gasteiger partial charge in [-0.05, 0) is 49.8 Å². The first-order valence-corrected chi connectivity index (χ1v) is 12.8. The van der Waals surface area contributed by atoms with Crippen molar-refractivity contribution in [1.29, 1.82) is 0 Å². The molecule has 1 aromatic carbocycles. The van der Waals surface area contributed by atoms with Crippen LogP contribution < -0.4 is 0 Å². The summed E-state index contributed by atoms with van der Waals surface area (Å²) in [6, 6.07) is 5.91. The molecule has 0 aromatic heterocycles. The molecular weight excluding hydrogens is 368 g/mol. The van der Waals surface area contributed by atoms with Gasteiger partial charge in [-0.1, -0.05) is 96.3 Å². The molecule has 0 heterocycles. The first-order valence-electron chi connectivity index (χ1n) is 11.3. The molecule has 1 aromatic rings. The molecule has 0 radical (unpaired) electrons. The van der Waals surface area contributed by atoms with E-state index >= 15 is 0 Å². The van der Waals surface area contributed by atoms with E-state index in [1.807, 2.05) is 12.1 Å². The zero-order chi connectivity index (χ0) is 21.0. The number of benzene rings is 1. The van der Waals surface area contributed by atoms with Crippen molar-refractivity contribution in [2.24, 2.45) is 0 Å². The second kappa shape index (κ2) is 12.6. The predicted octanol–water partition coefficient (Wildman–Crippen LogP) is 7.23. The molecule has 0 amide bonds. The summed E-state index contributed by atoms with van der Waals surface area (Å²) >= 11 is 0. The van der Waals surface area contributed by atoms with Gasteiger partial charge < -0.3 is 0 Å². The Morgan fingerprint density at radius 2 is 1.32 bits per heavy atom. The maximum absolute atomic E-state index is 12.0. The molecule has 28 heavy (non-hydrogen) atoms. The molecular formula is C24H42O3S. The van der Waals surface area contributed by atoms with Gasteiger partial charge in [-0.25, -0.2) is 0 Å². The Labute approximate surface area is 174 Å². The molecule has 0 saturated carbocycles. The third kappa shape index (κ3) is 7.87. The van der Waals surface area contributed by atoms with Crippen LogP contribution in [0.2, 0.25) is 0 Å². The highest BCUT2D eigenvalue weighted by atomic mass is 32.2. The van der Waals surface area contributed by atoms with E-state index in [9.17, 15) is 13.0 Å². The van der Waals surface area contributed by atoms with E-state index in [4.69, 9.17) is 0 Å². The van der Waals surface area contributed by atoms with Crippen LogP contribution in [0.15, 0.2) is 18.2 Å². The summed E-state index contributed by atoms with van der Waals surface area (Å²) in [6.07, 6.45) is 15.8. The summed E-state index contributed by atoms with van der Waals surface area (Å²) in [5.41, 5.74) is 3.12. The van der Waals surface area contributed by atoms with Crippen molar-refractivity contribution in [1.82, 2.24) is 0 Å². The average Bonchev–Trinajstić information content (AvgIpc) is 2.63. The predicted molar refractivity (Wildman–Crippen MR) is 121 cm³/mol. The average molecular weight is 411 g/mol. The molecule has 0 atom stereocenters. The first-order chi connectivity index (χ1) is 13.3. The lowest BCUT2D eigenvalue weighted by Gasteiger charge is -2.26. The minimum Gasteiger partial charge on any atom is -0.285 e. The fourth-order valence-corrected chi connectivity index (χ4v) is 4.39. The van der Waals surface area contributed by atoms with E-state index in [0.717, 1.165) is 36.8 Å². The molecule has 0 aliphatic rings. The Morgan fingerprint density at radius 1 is 0.786 bits per heavy atom. The lowest BCUT2D eigenvalue weighted by Crippen LogP contribution is -2.30. The largest absolute Gasteiger partial charge is 0.285 e. The molecule has 0 spiro atoms. The summed E-state index contributed by atoms with van der Waals surface area (Å²) < 4.78 is 32.4. The summed E-state index contributed by atoms with van der Waals surface area (Å²) in [5, 5.41) is 0. The van der Waals surface area contributed by atoms with Gasteiger partial charge in [0.05, 0.1) is 0 Å². The van der Waals surface area contributed by atoms with Crippen molar-refractivity contribution in [3.8, 4) is 0 Å². The number of unbranched alkanes of at least 4 members (excludes halogenated alkanes) is 9. The monoisotopic (exact) mass is 410 g/mol. The Kier molecular flexibility index (Phi) is 11.4. The quantitative estimate of drug-likeness (QED) is 0.245. The number of hydrogen-bond acceptors (Lipinski definition) is 2. The third-order valence-electron chi connectivity index (χ3n) is 5.87. The number of aryl methyl sites for hydroxylation is 1. The molecule has 0 aliphatic carbocycles. The second-order valence-electron chi connectivity index (χ2n) is 8.61. The van der Waals surface area contributed by atoms with Crippen LogP contribution >= 0.6 is 0 Å². The van der Waals surface area contributed by atoms with Crippen LogP contribution in [0.1, 0.15) is 115 Å². The van der Waals surface area contributed by atoms with Crippen LogP contribution in [0.4, 0.5) is 0 Å². The second-order valence-corrected chi connectivity index (χ2v) is 10.6. The number of rotatable bonds is 15. The topological polar surface area (TPSA) is 54.4 Å². The van der Waals surface area contributed by atoms with Gasteiger partial charge >= 0.3 is 0 Å². The Bertz CT molecular complexity index is 662. The van der Waals surface area contributed by atoms with Crippen molar-refractivity contribution in [2.75, 3.05) is 0 Å². The SMILES string of the molecule is CCCCCCCCCCCCc1c(CCC)cccc1C(C)(C)S(=O)(=O)O. The summed E-state index contributed by atoms with van der Waals surface area (Å²) in [4.78, 5) is 0. The van der Waals surface area contributed by atoms with E-state index in [1.165, 1.54) is 63.4 Å². The van der Waals surface area contributed by atoms with E-state index in [1.54, 1.807) is 13.8 Å².